The lowest BCUT2D eigenvalue weighted by molar-refractivity contribution is -0.137. The molecular weight excluding hydrogens is 452 g/mol. The molecule has 3 aliphatic heterocycles. The SMILES string of the molecule is CC[C@@H]1CN2CC[C@@]3(O)C(=Nc4cccc(OS(=O)(=O)O)c43)[C@@H]2C[C@@H]1/C(=C\OC)C(=O)OC. The Morgan fingerprint density at radius 2 is 2.12 bits per heavy atom. The standard InChI is InChI=1S/C22H28N2O8S/c1-4-13-11-24-9-8-22(26)19-16(6-5-7-18(19)32-33(27,28)29)23-20(22)17(24)10-14(13)15(12-30-2)21(25)31-3/h5-7,12-14,17,26H,4,8-11H2,1-3H3,(H,27,28,29)/b15-12+/t13-,14+,17+,22+/m1/s1. The van der Waals surface area contributed by atoms with Gasteiger partial charge in [-0.05, 0) is 36.8 Å². The van der Waals surface area contributed by atoms with Crippen LogP contribution in [0.2, 0.25) is 0 Å². The molecule has 3 heterocycles. The first-order chi connectivity index (χ1) is 15.6. The molecule has 4 rings (SSSR count). The van der Waals surface area contributed by atoms with Gasteiger partial charge in [0.25, 0.3) is 0 Å². The van der Waals surface area contributed by atoms with Crippen molar-refractivity contribution in [2.24, 2.45) is 16.8 Å². The number of piperidine rings is 2. The van der Waals surface area contributed by atoms with Crippen molar-refractivity contribution < 1.29 is 36.5 Å². The highest BCUT2D eigenvalue weighted by Gasteiger charge is 2.54. The number of carbonyl (C=O) groups is 1. The van der Waals surface area contributed by atoms with Gasteiger partial charge in [0.2, 0.25) is 0 Å². The van der Waals surface area contributed by atoms with E-state index in [-0.39, 0.29) is 29.2 Å². The predicted octanol–water partition coefficient (Wildman–Crippen LogP) is 1.97. The van der Waals surface area contributed by atoms with Gasteiger partial charge in [-0.15, -0.1) is 0 Å². The zero-order chi connectivity index (χ0) is 24.0. The molecule has 2 saturated heterocycles. The molecule has 0 bridgehead atoms. The maximum Gasteiger partial charge on any atom is 0.446 e. The maximum atomic E-state index is 12.5. The number of benzene rings is 1. The first-order valence-corrected chi connectivity index (χ1v) is 12.2. The Hall–Kier alpha value is -2.47. The van der Waals surface area contributed by atoms with Gasteiger partial charge >= 0.3 is 16.4 Å². The predicted molar refractivity (Wildman–Crippen MR) is 119 cm³/mol. The number of methoxy groups -OCH3 is 2. The van der Waals surface area contributed by atoms with Crippen LogP contribution in [-0.4, -0.2) is 68.0 Å². The molecule has 11 heteroatoms. The Morgan fingerprint density at radius 3 is 2.76 bits per heavy atom. The molecule has 10 nitrogen and oxygen atoms in total. The molecule has 0 aromatic heterocycles. The third-order valence-corrected chi connectivity index (χ3v) is 7.29. The highest BCUT2D eigenvalue weighted by molar-refractivity contribution is 7.81. The second kappa shape index (κ2) is 8.71. The van der Waals surface area contributed by atoms with Gasteiger partial charge < -0.3 is 18.8 Å². The summed E-state index contributed by atoms with van der Waals surface area (Å²) in [5.41, 5.74) is -0.00146. The molecule has 1 aromatic rings. The number of hydrogen-bond acceptors (Lipinski definition) is 9. The molecule has 0 saturated carbocycles. The summed E-state index contributed by atoms with van der Waals surface area (Å²) >= 11 is 0. The Bertz CT molecular complexity index is 1120. The zero-order valence-corrected chi connectivity index (χ0v) is 19.5. The van der Waals surface area contributed by atoms with Gasteiger partial charge in [-0.25, -0.2) is 4.79 Å². The quantitative estimate of drug-likeness (QED) is 0.271. The first kappa shape index (κ1) is 23.7. The summed E-state index contributed by atoms with van der Waals surface area (Å²) < 4.78 is 46.9. The van der Waals surface area contributed by atoms with E-state index in [0.717, 1.165) is 6.42 Å². The van der Waals surface area contributed by atoms with E-state index >= 15 is 0 Å². The number of esters is 1. The highest BCUT2D eigenvalue weighted by Crippen LogP contribution is 2.51. The number of aliphatic imine (C=N–C) groups is 1. The van der Waals surface area contributed by atoms with Gasteiger partial charge in [0.15, 0.2) is 5.75 Å². The van der Waals surface area contributed by atoms with Crippen LogP contribution in [0.3, 0.4) is 0 Å². The Labute approximate surface area is 192 Å². The summed E-state index contributed by atoms with van der Waals surface area (Å²) in [6.07, 6.45) is 3.06. The monoisotopic (exact) mass is 480 g/mol. The van der Waals surface area contributed by atoms with Gasteiger partial charge in [-0.1, -0.05) is 19.4 Å². The fraction of sp³-hybridized carbons (Fsp3) is 0.545. The van der Waals surface area contributed by atoms with E-state index in [1.165, 1.54) is 26.5 Å². The molecule has 33 heavy (non-hydrogen) atoms. The lowest BCUT2D eigenvalue weighted by Gasteiger charge is -2.50. The lowest BCUT2D eigenvalue weighted by Crippen LogP contribution is -2.60. The fourth-order valence-electron chi connectivity index (χ4n) is 5.47. The van der Waals surface area contributed by atoms with Crippen LogP contribution in [0.5, 0.6) is 5.75 Å². The zero-order valence-electron chi connectivity index (χ0n) is 18.7. The average Bonchev–Trinajstić information content (AvgIpc) is 3.09. The number of ether oxygens (including phenoxy) is 2. The largest absolute Gasteiger partial charge is 0.504 e. The van der Waals surface area contributed by atoms with E-state index < -0.39 is 22.0 Å². The normalized spacial score (nSPS) is 29.4. The van der Waals surface area contributed by atoms with Crippen LogP contribution in [0, 0.1) is 11.8 Å². The number of aliphatic hydroxyl groups is 1. The summed E-state index contributed by atoms with van der Waals surface area (Å²) in [5.74, 6) is -0.611. The number of carbonyl (C=O) groups excluding carboxylic acids is 1. The molecule has 2 fully saturated rings. The summed E-state index contributed by atoms with van der Waals surface area (Å²) in [7, 11) is -1.97. The van der Waals surface area contributed by atoms with Crippen molar-refractivity contribution in [3.8, 4) is 5.75 Å². The lowest BCUT2D eigenvalue weighted by atomic mass is 9.70. The van der Waals surface area contributed by atoms with Crippen LogP contribution in [0.4, 0.5) is 5.69 Å². The Morgan fingerprint density at radius 1 is 1.36 bits per heavy atom. The van der Waals surface area contributed by atoms with E-state index in [1.807, 2.05) is 0 Å². The highest BCUT2D eigenvalue weighted by atomic mass is 32.3. The Balaban J connectivity index is 1.73. The molecule has 0 spiro atoms. The molecule has 3 aliphatic rings. The van der Waals surface area contributed by atoms with Crippen molar-refractivity contribution >= 4 is 27.8 Å². The van der Waals surface area contributed by atoms with E-state index in [9.17, 15) is 22.9 Å². The van der Waals surface area contributed by atoms with Crippen LogP contribution in [0.1, 0.15) is 31.7 Å². The third kappa shape index (κ3) is 4.14. The minimum Gasteiger partial charge on any atom is -0.504 e. The minimum atomic E-state index is -4.78. The number of rotatable bonds is 6. The van der Waals surface area contributed by atoms with Gasteiger partial charge in [-0.3, -0.25) is 14.4 Å². The van der Waals surface area contributed by atoms with Gasteiger partial charge in [-0.2, -0.15) is 8.42 Å². The van der Waals surface area contributed by atoms with Crippen LogP contribution in [0.15, 0.2) is 35.0 Å². The second-order valence-corrected chi connectivity index (χ2v) is 9.61. The molecule has 0 unspecified atom stereocenters. The smallest absolute Gasteiger partial charge is 0.446 e. The second-order valence-electron chi connectivity index (χ2n) is 8.59. The minimum absolute atomic E-state index is 0.155. The topological polar surface area (TPSA) is 135 Å². The molecule has 0 radical (unpaired) electrons. The van der Waals surface area contributed by atoms with Crippen LogP contribution in [0.25, 0.3) is 0 Å². The summed E-state index contributed by atoms with van der Waals surface area (Å²) in [6.45, 7) is 3.32. The summed E-state index contributed by atoms with van der Waals surface area (Å²) in [6, 6.07) is 4.31. The van der Waals surface area contributed by atoms with Crippen molar-refractivity contribution in [1.29, 1.82) is 0 Å². The van der Waals surface area contributed by atoms with E-state index in [1.54, 1.807) is 12.1 Å². The van der Waals surface area contributed by atoms with Gasteiger partial charge in [0, 0.05) is 13.1 Å². The third-order valence-electron chi connectivity index (χ3n) is 6.90. The van der Waals surface area contributed by atoms with Crippen molar-refractivity contribution in [1.82, 2.24) is 4.90 Å². The van der Waals surface area contributed by atoms with E-state index in [2.05, 4.69) is 16.8 Å². The summed E-state index contributed by atoms with van der Waals surface area (Å²) in [4.78, 5) is 19.4. The number of hydrogen-bond donors (Lipinski definition) is 2. The number of nitrogens with zero attached hydrogens (tertiary/aromatic N) is 2. The van der Waals surface area contributed by atoms with E-state index in [0.29, 0.717) is 42.9 Å². The summed E-state index contributed by atoms with van der Waals surface area (Å²) in [5, 5.41) is 11.7. The molecule has 4 atom stereocenters. The first-order valence-electron chi connectivity index (χ1n) is 10.8. The average molecular weight is 481 g/mol. The van der Waals surface area contributed by atoms with Gasteiger partial charge in [0.05, 0.1) is 49.1 Å². The van der Waals surface area contributed by atoms with Crippen LogP contribution in [-0.2, 0) is 30.3 Å². The molecular formula is C22H28N2O8S. The Kier molecular flexibility index (Phi) is 6.25. The van der Waals surface area contributed by atoms with Crippen molar-refractivity contribution in [3.63, 3.8) is 0 Å². The molecule has 180 valence electrons. The molecule has 0 amide bonds. The molecule has 2 N–H and O–H groups in total. The molecule has 1 aromatic carbocycles. The fourth-order valence-corrected chi connectivity index (χ4v) is 5.83. The van der Waals surface area contributed by atoms with Crippen molar-refractivity contribution in [2.45, 2.75) is 37.8 Å². The molecule has 0 aliphatic carbocycles. The number of fused-ring (bicyclic) bond motifs is 5. The van der Waals surface area contributed by atoms with Crippen molar-refractivity contribution in [2.75, 3.05) is 27.3 Å². The van der Waals surface area contributed by atoms with Crippen LogP contribution >= 0.6 is 0 Å². The van der Waals surface area contributed by atoms with E-state index in [4.69, 9.17) is 13.7 Å². The van der Waals surface area contributed by atoms with Crippen molar-refractivity contribution in [3.05, 3.63) is 35.6 Å². The van der Waals surface area contributed by atoms with Crippen LogP contribution < -0.4 is 4.18 Å². The van der Waals surface area contributed by atoms with Gasteiger partial charge in [0.1, 0.15) is 5.60 Å². The maximum absolute atomic E-state index is 12.5.